The highest BCUT2D eigenvalue weighted by Crippen LogP contribution is 2.23. The molecule has 1 unspecified atom stereocenters. The average Bonchev–Trinajstić information content (AvgIpc) is 2.41. The third-order valence-electron chi connectivity index (χ3n) is 3.60. The summed E-state index contributed by atoms with van der Waals surface area (Å²) in [4.78, 5) is 10.7. The Labute approximate surface area is 123 Å². The molecule has 1 aromatic rings. The molecule has 0 bridgehead atoms. The van der Waals surface area contributed by atoms with Gasteiger partial charge in [-0.15, -0.1) is 0 Å². The van der Waals surface area contributed by atoms with E-state index in [1.165, 1.54) is 28.6 Å². The SMILES string of the molecule is O=C(O)CC1CCCN(S(=O)(=O)Cc2ccc(F)cc2)C1. The summed E-state index contributed by atoms with van der Waals surface area (Å²) in [6, 6.07) is 5.36. The number of aliphatic carboxylic acids is 1. The highest BCUT2D eigenvalue weighted by atomic mass is 32.2. The van der Waals surface area contributed by atoms with Gasteiger partial charge in [0.1, 0.15) is 5.82 Å². The van der Waals surface area contributed by atoms with E-state index in [-0.39, 0.29) is 24.6 Å². The molecule has 0 spiro atoms. The van der Waals surface area contributed by atoms with Crippen LogP contribution in [0.25, 0.3) is 0 Å². The van der Waals surface area contributed by atoms with Crippen LogP contribution in [0.5, 0.6) is 0 Å². The number of piperidine rings is 1. The van der Waals surface area contributed by atoms with Crippen LogP contribution in [0.4, 0.5) is 4.39 Å². The molecule has 1 aliphatic heterocycles. The zero-order valence-electron chi connectivity index (χ0n) is 11.5. The number of halogens is 1. The molecule has 1 aromatic carbocycles. The highest BCUT2D eigenvalue weighted by Gasteiger charge is 2.29. The van der Waals surface area contributed by atoms with Crippen molar-refractivity contribution in [2.24, 2.45) is 5.92 Å². The zero-order valence-corrected chi connectivity index (χ0v) is 12.4. The quantitative estimate of drug-likeness (QED) is 0.899. The van der Waals surface area contributed by atoms with Gasteiger partial charge in [0.25, 0.3) is 0 Å². The van der Waals surface area contributed by atoms with Crippen LogP contribution in [-0.4, -0.2) is 36.9 Å². The van der Waals surface area contributed by atoms with Crippen LogP contribution in [0, 0.1) is 11.7 Å². The summed E-state index contributed by atoms with van der Waals surface area (Å²) in [6.45, 7) is 0.662. The van der Waals surface area contributed by atoms with E-state index in [1.807, 2.05) is 0 Å². The van der Waals surface area contributed by atoms with Crippen molar-refractivity contribution in [3.8, 4) is 0 Å². The Morgan fingerprint density at radius 3 is 2.62 bits per heavy atom. The minimum absolute atomic E-state index is 0.0113. The summed E-state index contributed by atoms with van der Waals surface area (Å²) >= 11 is 0. The van der Waals surface area contributed by atoms with Crippen molar-refractivity contribution >= 4 is 16.0 Å². The van der Waals surface area contributed by atoms with Crippen LogP contribution in [0.2, 0.25) is 0 Å². The summed E-state index contributed by atoms with van der Waals surface area (Å²) in [7, 11) is -3.50. The van der Waals surface area contributed by atoms with Gasteiger partial charge in [0.2, 0.25) is 10.0 Å². The number of sulfonamides is 1. The largest absolute Gasteiger partial charge is 0.481 e. The number of carboxylic acid groups (broad SMARTS) is 1. The number of benzene rings is 1. The lowest BCUT2D eigenvalue weighted by atomic mass is 9.96. The first-order chi connectivity index (χ1) is 9.87. The number of nitrogens with zero attached hydrogens (tertiary/aromatic N) is 1. The van der Waals surface area contributed by atoms with Crippen molar-refractivity contribution in [2.45, 2.75) is 25.0 Å². The topological polar surface area (TPSA) is 74.7 Å². The second-order valence-corrected chi connectivity index (χ2v) is 7.32. The normalized spacial score (nSPS) is 20.3. The lowest BCUT2D eigenvalue weighted by Gasteiger charge is -2.31. The minimum atomic E-state index is -3.50. The maximum absolute atomic E-state index is 12.8. The van der Waals surface area contributed by atoms with Crippen molar-refractivity contribution in [3.05, 3.63) is 35.6 Å². The number of carbonyl (C=O) groups is 1. The molecule has 1 N–H and O–H groups in total. The molecule has 1 aliphatic rings. The fourth-order valence-electron chi connectivity index (χ4n) is 2.58. The Kier molecular flexibility index (Phi) is 4.95. The molecule has 1 fully saturated rings. The first kappa shape index (κ1) is 15.9. The molecule has 1 heterocycles. The highest BCUT2D eigenvalue weighted by molar-refractivity contribution is 7.88. The molecule has 0 saturated carbocycles. The van der Waals surface area contributed by atoms with E-state index in [4.69, 9.17) is 5.11 Å². The van der Waals surface area contributed by atoms with E-state index >= 15 is 0 Å². The smallest absolute Gasteiger partial charge is 0.303 e. The summed E-state index contributed by atoms with van der Waals surface area (Å²) in [5.41, 5.74) is 0.525. The Morgan fingerprint density at radius 2 is 2.00 bits per heavy atom. The first-order valence-electron chi connectivity index (χ1n) is 6.81. The van der Waals surface area contributed by atoms with E-state index in [1.54, 1.807) is 0 Å². The van der Waals surface area contributed by atoms with Crippen molar-refractivity contribution in [3.63, 3.8) is 0 Å². The Morgan fingerprint density at radius 1 is 1.33 bits per heavy atom. The minimum Gasteiger partial charge on any atom is -0.481 e. The Hall–Kier alpha value is -1.47. The second-order valence-electron chi connectivity index (χ2n) is 5.35. The summed E-state index contributed by atoms with van der Waals surface area (Å²) < 4.78 is 38.9. The van der Waals surface area contributed by atoms with Crippen LogP contribution in [0.1, 0.15) is 24.8 Å². The molecule has 2 rings (SSSR count). The van der Waals surface area contributed by atoms with Gasteiger partial charge >= 0.3 is 5.97 Å². The van der Waals surface area contributed by atoms with E-state index in [0.717, 1.165) is 6.42 Å². The van der Waals surface area contributed by atoms with Gasteiger partial charge in [-0.05, 0) is 36.5 Å². The van der Waals surface area contributed by atoms with Crippen LogP contribution in [0.3, 0.4) is 0 Å². The van der Waals surface area contributed by atoms with Gasteiger partial charge in [-0.2, -0.15) is 0 Å². The van der Waals surface area contributed by atoms with E-state index in [2.05, 4.69) is 0 Å². The standard InChI is InChI=1S/C14H18FNO4S/c15-13-5-3-11(4-6-13)10-21(19,20)16-7-1-2-12(9-16)8-14(17)18/h3-6,12H,1-2,7-10H2,(H,17,18). The van der Waals surface area contributed by atoms with E-state index in [0.29, 0.717) is 18.5 Å². The van der Waals surface area contributed by atoms with Gasteiger partial charge in [-0.1, -0.05) is 12.1 Å². The second kappa shape index (κ2) is 6.53. The molecule has 7 heteroatoms. The molecule has 0 amide bonds. The molecule has 21 heavy (non-hydrogen) atoms. The Balaban J connectivity index is 2.04. The maximum atomic E-state index is 12.8. The summed E-state index contributed by atoms with van der Waals surface area (Å²) in [5, 5.41) is 8.81. The van der Waals surface area contributed by atoms with Crippen LogP contribution in [0.15, 0.2) is 24.3 Å². The first-order valence-corrected chi connectivity index (χ1v) is 8.42. The summed E-state index contributed by atoms with van der Waals surface area (Å²) in [5.74, 6) is -1.64. The molecule has 1 saturated heterocycles. The number of carboxylic acids is 1. The van der Waals surface area contributed by atoms with Gasteiger partial charge in [-0.25, -0.2) is 17.1 Å². The molecule has 0 radical (unpaired) electrons. The van der Waals surface area contributed by atoms with E-state index in [9.17, 15) is 17.6 Å². The van der Waals surface area contributed by atoms with Crippen LogP contribution >= 0.6 is 0 Å². The fourth-order valence-corrected chi connectivity index (χ4v) is 4.22. The van der Waals surface area contributed by atoms with Gasteiger partial charge in [-0.3, -0.25) is 4.79 Å². The molecule has 0 aliphatic carbocycles. The number of rotatable bonds is 5. The fraction of sp³-hybridized carbons (Fsp3) is 0.500. The monoisotopic (exact) mass is 315 g/mol. The van der Waals surface area contributed by atoms with Crippen LogP contribution < -0.4 is 0 Å². The maximum Gasteiger partial charge on any atom is 0.303 e. The third-order valence-corrected chi connectivity index (χ3v) is 5.42. The molecular weight excluding hydrogens is 297 g/mol. The molecule has 1 atom stereocenters. The van der Waals surface area contributed by atoms with Gasteiger partial charge < -0.3 is 5.11 Å². The van der Waals surface area contributed by atoms with Crippen molar-refractivity contribution < 1.29 is 22.7 Å². The molecule has 116 valence electrons. The van der Waals surface area contributed by atoms with Gasteiger partial charge in [0.05, 0.1) is 5.75 Å². The van der Waals surface area contributed by atoms with Crippen LogP contribution in [-0.2, 0) is 20.6 Å². The molecule has 5 nitrogen and oxygen atoms in total. The summed E-state index contributed by atoms with van der Waals surface area (Å²) in [6.07, 6.45) is 1.39. The average molecular weight is 315 g/mol. The zero-order chi connectivity index (χ0) is 15.5. The van der Waals surface area contributed by atoms with Crippen molar-refractivity contribution in [1.82, 2.24) is 4.31 Å². The van der Waals surface area contributed by atoms with Gasteiger partial charge in [0, 0.05) is 19.5 Å². The number of hydrogen-bond acceptors (Lipinski definition) is 3. The van der Waals surface area contributed by atoms with Crippen molar-refractivity contribution in [2.75, 3.05) is 13.1 Å². The van der Waals surface area contributed by atoms with E-state index < -0.39 is 21.8 Å². The molecular formula is C14H18FNO4S. The van der Waals surface area contributed by atoms with Gasteiger partial charge in [0.15, 0.2) is 0 Å². The lowest BCUT2D eigenvalue weighted by Crippen LogP contribution is -2.41. The van der Waals surface area contributed by atoms with Crippen molar-refractivity contribution in [1.29, 1.82) is 0 Å². The Bertz CT molecular complexity index is 600. The third kappa shape index (κ3) is 4.50. The lowest BCUT2D eigenvalue weighted by molar-refractivity contribution is -0.138. The number of hydrogen-bond donors (Lipinski definition) is 1. The predicted molar refractivity (Wildman–Crippen MR) is 75.6 cm³/mol. The predicted octanol–water partition coefficient (Wildman–Crippen LogP) is 1.84. The molecule has 0 aromatic heterocycles.